The fourth-order valence-corrected chi connectivity index (χ4v) is 1.98. The predicted octanol–water partition coefficient (Wildman–Crippen LogP) is 2.65. The third-order valence-electron chi connectivity index (χ3n) is 2.11. The maximum atomic E-state index is 10.5. The number of carbonyl (C=O) groups is 1. The SMILES string of the molecule is O=C(O)NC(CCBr)Cc1ccccc1. The Morgan fingerprint density at radius 2 is 2.07 bits per heavy atom. The van der Waals surface area contributed by atoms with Crippen LogP contribution in [0.3, 0.4) is 0 Å². The standard InChI is InChI=1S/C11H14BrNO2/c12-7-6-10(13-11(14)15)8-9-4-2-1-3-5-9/h1-5,10,13H,6-8H2,(H,14,15). The summed E-state index contributed by atoms with van der Waals surface area (Å²) in [4.78, 5) is 10.5. The van der Waals surface area contributed by atoms with Gasteiger partial charge in [0.25, 0.3) is 0 Å². The highest BCUT2D eigenvalue weighted by Crippen LogP contribution is 2.07. The summed E-state index contributed by atoms with van der Waals surface area (Å²) in [5, 5.41) is 12.0. The highest BCUT2D eigenvalue weighted by Gasteiger charge is 2.10. The van der Waals surface area contributed by atoms with Crippen LogP contribution < -0.4 is 5.32 Å². The van der Waals surface area contributed by atoms with Crippen molar-refractivity contribution in [2.45, 2.75) is 18.9 Å². The summed E-state index contributed by atoms with van der Waals surface area (Å²) in [7, 11) is 0. The van der Waals surface area contributed by atoms with E-state index in [1.54, 1.807) is 0 Å². The predicted molar refractivity (Wildman–Crippen MR) is 63.5 cm³/mol. The van der Waals surface area contributed by atoms with Crippen molar-refractivity contribution >= 4 is 22.0 Å². The van der Waals surface area contributed by atoms with E-state index in [-0.39, 0.29) is 6.04 Å². The van der Waals surface area contributed by atoms with Crippen LogP contribution in [-0.4, -0.2) is 22.6 Å². The summed E-state index contributed by atoms with van der Waals surface area (Å²) < 4.78 is 0. The van der Waals surface area contributed by atoms with Crippen LogP contribution in [-0.2, 0) is 6.42 Å². The zero-order valence-electron chi connectivity index (χ0n) is 8.32. The molecule has 4 heteroatoms. The minimum Gasteiger partial charge on any atom is -0.465 e. The maximum Gasteiger partial charge on any atom is 0.404 e. The van der Waals surface area contributed by atoms with E-state index in [1.807, 2.05) is 30.3 Å². The number of rotatable bonds is 5. The minimum absolute atomic E-state index is 0.0238. The van der Waals surface area contributed by atoms with Crippen molar-refractivity contribution < 1.29 is 9.90 Å². The van der Waals surface area contributed by atoms with Gasteiger partial charge in [-0.25, -0.2) is 4.79 Å². The van der Waals surface area contributed by atoms with Crippen molar-refractivity contribution in [3.05, 3.63) is 35.9 Å². The fourth-order valence-electron chi connectivity index (χ4n) is 1.43. The molecule has 1 unspecified atom stereocenters. The van der Waals surface area contributed by atoms with Crippen LogP contribution in [0.5, 0.6) is 0 Å². The van der Waals surface area contributed by atoms with Crippen molar-refractivity contribution in [1.82, 2.24) is 5.32 Å². The molecule has 1 rings (SSSR count). The lowest BCUT2D eigenvalue weighted by Crippen LogP contribution is -2.35. The summed E-state index contributed by atoms with van der Waals surface area (Å²) in [6.07, 6.45) is 0.566. The zero-order valence-corrected chi connectivity index (χ0v) is 9.90. The van der Waals surface area contributed by atoms with E-state index in [2.05, 4.69) is 21.2 Å². The second kappa shape index (κ2) is 6.45. The van der Waals surface area contributed by atoms with Crippen LogP contribution in [0.4, 0.5) is 4.79 Å². The van der Waals surface area contributed by atoms with Gasteiger partial charge in [-0.2, -0.15) is 0 Å². The average Bonchev–Trinajstić information content (AvgIpc) is 2.18. The number of hydrogen-bond donors (Lipinski definition) is 2. The molecule has 0 saturated carbocycles. The number of benzene rings is 1. The molecule has 1 atom stereocenters. The van der Waals surface area contributed by atoms with Crippen LogP contribution in [0.1, 0.15) is 12.0 Å². The molecule has 3 nitrogen and oxygen atoms in total. The largest absolute Gasteiger partial charge is 0.465 e. The molecule has 0 fully saturated rings. The van der Waals surface area contributed by atoms with E-state index >= 15 is 0 Å². The molecule has 0 saturated heterocycles. The van der Waals surface area contributed by atoms with Crippen molar-refractivity contribution in [1.29, 1.82) is 0 Å². The van der Waals surface area contributed by atoms with E-state index in [4.69, 9.17) is 5.11 Å². The number of nitrogens with one attached hydrogen (secondary N) is 1. The van der Waals surface area contributed by atoms with Gasteiger partial charge in [-0.1, -0.05) is 46.3 Å². The highest BCUT2D eigenvalue weighted by atomic mass is 79.9. The number of amides is 1. The third-order valence-corrected chi connectivity index (χ3v) is 2.57. The molecule has 15 heavy (non-hydrogen) atoms. The lowest BCUT2D eigenvalue weighted by molar-refractivity contribution is 0.189. The second-order valence-electron chi connectivity index (χ2n) is 3.31. The van der Waals surface area contributed by atoms with E-state index in [0.717, 1.165) is 23.7 Å². The van der Waals surface area contributed by atoms with Gasteiger partial charge in [0.1, 0.15) is 0 Å². The second-order valence-corrected chi connectivity index (χ2v) is 4.11. The van der Waals surface area contributed by atoms with Crippen molar-refractivity contribution in [3.8, 4) is 0 Å². The Hall–Kier alpha value is -1.03. The van der Waals surface area contributed by atoms with Gasteiger partial charge in [0.2, 0.25) is 0 Å². The number of hydrogen-bond acceptors (Lipinski definition) is 1. The third kappa shape index (κ3) is 4.83. The first kappa shape index (κ1) is 12.0. The molecule has 0 radical (unpaired) electrons. The van der Waals surface area contributed by atoms with Crippen LogP contribution in [0, 0.1) is 0 Å². The molecule has 0 aliphatic carbocycles. The van der Waals surface area contributed by atoms with E-state index < -0.39 is 6.09 Å². The van der Waals surface area contributed by atoms with Gasteiger partial charge in [0.05, 0.1) is 0 Å². The van der Waals surface area contributed by atoms with Crippen LogP contribution in [0.2, 0.25) is 0 Å². The molecule has 2 N–H and O–H groups in total. The average molecular weight is 272 g/mol. The van der Waals surface area contributed by atoms with Crippen LogP contribution in [0.25, 0.3) is 0 Å². The fraction of sp³-hybridized carbons (Fsp3) is 0.364. The van der Waals surface area contributed by atoms with E-state index in [0.29, 0.717) is 0 Å². The Balaban J connectivity index is 2.54. The molecule has 1 aromatic rings. The van der Waals surface area contributed by atoms with Gasteiger partial charge < -0.3 is 10.4 Å². The smallest absolute Gasteiger partial charge is 0.404 e. The van der Waals surface area contributed by atoms with Gasteiger partial charge in [0, 0.05) is 11.4 Å². The molecule has 0 spiro atoms. The van der Waals surface area contributed by atoms with Crippen molar-refractivity contribution in [3.63, 3.8) is 0 Å². The van der Waals surface area contributed by atoms with Crippen molar-refractivity contribution in [2.75, 3.05) is 5.33 Å². The normalized spacial score (nSPS) is 12.1. The molecular weight excluding hydrogens is 258 g/mol. The maximum absolute atomic E-state index is 10.5. The Labute approximate surface area is 97.6 Å². The van der Waals surface area contributed by atoms with E-state index in [9.17, 15) is 4.79 Å². The molecule has 0 aliphatic heterocycles. The molecule has 1 amide bonds. The highest BCUT2D eigenvalue weighted by molar-refractivity contribution is 9.09. The zero-order chi connectivity index (χ0) is 11.1. The Bertz CT molecular complexity index is 303. The molecule has 0 aliphatic rings. The van der Waals surface area contributed by atoms with Crippen LogP contribution in [0.15, 0.2) is 30.3 Å². The summed E-state index contributed by atoms with van der Waals surface area (Å²) in [6, 6.07) is 9.86. The number of carboxylic acid groups (broad SMARTS) is 1. The van der Waals surface area contributed by atoms with Gasteiger partial charge in [-0.05, 0) is 18.4 Å². The number of halogens is 1. The molecule has 0 aromatic heterocycles. The first-order valence-corrected chi connectivity index (χ1v) is 5.94. The van der Waals surface area contributed by atoms with Gasteiger partial charge in [-0.3, -0.25) is 0 Å². The van der Waals surface area contributed by atoms with Crippen molar-refractivity contribution in [2.24, 2.45) is 0 Å². The first-order chi connectivity index (χ1) is 7.22. The molecular formula is C11H14BrNO2. The van der Waals surface area contributed by atoms with E-state index in [1.165, 1.54) is 0 Å². The number of alkyl halides is 1. The summed E-state index contributed by atoms with van der Waals surface area (Å²) in [5.41, 5.74) is 1.15. The Morgan fingerprint density at radius 3 is 2.60 bits per heavy atom. The minimum atomic E-state index is -0.961. The summed E-state index contributed by atoms with van der Waals surface area (Å²) >= 11 is 3.32. The summed E-state index contributed by atoms with van der Waals surface area (Å²) in [6.45, 7) is 0. The quantitative estimate of drug-likeness (QED) is 0.809. The molecule has 0 bridgehead atoms. The Morgan fingerprint density at radius 1 is 1.40 bits per heavy atom. The monoisotopic (exact) mass is 271 g/mol. The van der Waals surface area contributed by atoms with Crippen LogP contribution >= 0.6 is 15.9 Å². The van der Waals surface area contributed by atoms with Gasteiger partial charge in [-0.15, -0.1) is 0 Å². The molecule has 1 aromatic carbocycles. The molecule has 82 valence electrons. The lowest BCUT2D eigenvalue weighted by Gasteiger charge is -2.15. The Kier molecular flexibility index (Phi) is 5.18. The lowest BCUT2D eigenvalue weighted by atomic mass is 10.0. The topological polar surface area (TPSA) is 49.3 Å². The van der Waals surface area contributed by atoms with Gasteiger partial charge >= 0.3 is 6.09 Å². The summed E-state index contributed by atoms with van der Waals surface area (Å²) in [5.74, 6) is 0. The molecule has 0 heterocycles. The van der Waals surface area contributed by atoms with Gasteiger partial charge in [0.15, 0.2) is 0 Å². The first-order valence-electron chi connectivity index (χ1n) is 4.81.